The zero-order valence-corrected chi connectivity index (χ0v) is 21.5. The average molecular weight is 517 g/mol. The molecule has 0 bridgehead atoms. The molecule has 6 heteroatoms. The lowest BCUT2D eigenvalue weighted by molar-refractivity contribution is -0.137. The van der Waals surface area contributed by atoms with E-state index in [0.29, 0.717) is 17.7 Å². The van der Waals surface area contributed by atoms with Crippen molar-refractivity contribution in [1.82, 2.24) is 9.80 Å². The van der Waals surface area contributed by atoms with Gasteiger partial charge in [-0.15, -0.1) is 0 Å². The van der Waals surface area contributed by atoms with E-state index >= 15 is 0 Å². The highest BCUT2D eigenvalue weighted by Gasteiger charge is 2.30. The molecule has 0 aromatic heterocycles. The molecule has 1 fully saturated rings. The molecule has 196 valence electrons. The smallest absolute Gasteiger partial charge is 0.337 e. The van der Waals surface area contributed by atoms with Crippen LogP contribution in [0.15, 0.2) is 84.9 Å². The molecule has 0 saturated carbocycles. The fourth-order valence-corrected chi connectivity index (χ4v) is 5.22. The highest BCUT2D eigenvalue weighted by molar-refractivity contribution is 5.95. The molecule has 4 aromatic carbocycles. The molecule has 1 amide bonds. The lowest BCUT2D eigenvalue weighted by Gasteiger charge is -2.26. The van der Waals surface area contributed by atoms with E-state index < -0.39 is 11.7 Å². The summed E-state index contributed by atoms with van der Waals surface area (Å²) in [5.74, 6) is -0.109. The number of hydrogen-bond donors (Lipinski definition) is 0. The predicted molar refractivity (Wildman–Crippen MR) is 146 cm³/mol. The molecule has 0 N–H and O–H groups in total. The Morgan fingerprint density at radius 2 is 1.50 bits per heavy atom. The van der Waals surface area contributed by atoms with Crippen LogP contribution in [0.3, 0.4) is 0 Å². The van der Waals surface area contributed by atoms with Gasteiger partial charge in [-0.1, -0.05) is 61.0 Å². The predicted octanol–water partition coefficient (Wildman–Crippen LogP) is 7.78. The molecule has 0 aliphatic carbocycles. The van der Waals surface area contributed by atoms with Gasteiger partial charge in [0, 0.05) is 25.7 Å². The number of amides is 1. The molecule has 4 aromatic rings. The van der Waals surface area contributed by atoms with Crippen molar-refractivity contribution in [1.29, 1.82) is 0 Å². The number of alkyl halides is 3. The van der Waals surface area contributed by atoms with Crippen LogP contribution >= 0.6 is 0 Å². The largest absolute Gasteiger partial charge is 0.416 e. The van der Waals surface area contributed by atoms with E-state index in [1.165, 1.54) is 42.3 Å². The van der Waals surface area contributed by atoms with Crippen molar-refractivity contribution < 1.29 is 18.0 Å². The Balaban J connectivity index is 1.27. The van der Waals surface area contributed by atoms with Gasteiger partial charge < -0.3 is 4.90 Å². The van der Waals surface area contributed by atoms with Gasteiger partial charge in [0.25, 0.3) is 5.91 Å². The number of hydrogen-bond acceptors (Lipinski definition) is 2. The molecule has 0 unspecified atom stereocenters. The van der Waals surface area contributed by atoms with Gasteiger partial charge in [-0.3, -0.25) is 9.69 Å². The molecule has 38 heavy (non-hydrogen) atoms. The number of fused-ring (bicyclic) bond motifs is 1. The Morgan fingerprint density at radius 3 is 2.16 bits per heavy atom. The van der Waals surface area contributed by atoms with Crippen LogP contribution in [0.2, 0.25) is 0 Å². The van der Waals surface area contributed by atoms with E-state index in [0.717, 1.165) is 48.3 Å². The summed E-state index contributed by atoms with van der Waals surface area (Å²) in [7, 11) is 1.79. The van der Waals surface area contributed by atoms with E-state index in [4.69, 9.17) is 0 Å². The van der Waals surface area contributed by atoms with Crippen molar-refractivity contribution in [2.45, 2.75) is 38.5 Å². The molecule has 0 spiro atoms. The van der Waals surface area contributed by atoms with Crippen LogP contribution in [-0.4, -0.2) is 35.8 Å². The molecule has 1 heterocycles. The van der Waals surface area contributed by atoms with E-state index in [-0.39, 0.29) is 5.91 Å². The van der Waals surface area contributed by atoms with Gasteiger partial charge in [0.2, 0.25) is 0 Å². The molecule has 5 rings (SSSR count). The SMILES string of the molecule is CN(Cc1cccc2cc(CN3CCCCC3)ccc12)C(=O)c1ccc(-c2ccc(C(F)(F)F)cc2)cc1. The van der Waals surface area contributed by atoms with E-state index in [1.807, 2.05) is 6.07 Å². The summed E-state index contributed by atoms with van der Waals surface area (Å²) in [6.45, 7) is 3.77. The molecule has 1 aliphatic rings. The van der Waals surface area contributed by atoms with Crippen LogP contribution < -0.4 is 0 Å². The maximum Gasteiger partial charge on any atom is 0.416 e. The minimum Gasteiger partial charge on any atom is -0.337 e. The second-order valence-corrected chi connectivity index (χ2v) is 10.1. The number of carbonyl (C=O) groups excluding carboxylic acids is 1. The third-order valence-electron chi connectivity index (χ3n) is 7.32. The van der Waals surface area contributed by atoms with Gasteiger partial charge in [-0.05, 0) is 89.3 Å². The summed E-state index contributed by atoms with van der Waals surface area (Å²) in [4.78, 5) is 17.4. The molecule has 0 atom stereocenters. The second-order valence-electron chi connectivity index (χ2n) is 10.1. The van der Waals surface area contributed by atoms with Crippen LogP contribution in [0, 0.1) is 0 Å². The monoisotopic (exact) mass is 516 g/mol. The standard InChI is InChI=1S/C32H31F3N2O/c1-36(31(38)26-11-9-24(10-12-26)25-13-15-29(16-14-25)32(33,34)35)22-28-7-5-6-27-20-23(8-17-30(27)28)21-37-18-3-2-4-19-37/h5-17,20H,2-4,18-19,21-22H2,1H3. The lowest BCUT2D eigenvalue weighted by Crippen LogP contribution is -2.29. The van der Waals surface area contributed by atoms with Gasteiger partial charge in [-0.2, -0.15) is 13.2 Å². The van der Waals surface area contributed by atoms with Crippen molar-refractivity contribution >= 4 is 16.7 Å². The first-order valence-electron chi connectivity index (χ1n) is 13.0. The Hall–Kier alpha value is -3.64. The summed E-state index contributed by atoms with van der Waals surface area (Å²) >= 11 is 0. The number of carbonyl (C=O) groups is 1. The second kappa shape index (κ2) is 11.0. The van der Waals surface area contributed by atoms with Crippen molar-refractivity contribution in [3.8, 4) is 11.1 Å². The topological polar surface area (TPSA) is 23.6 Å². The van der Waals surface area contributed by atoms with Gasteiger partial charge >= 0.3 is 6.18 Å². The quantitative estimate of drug-likeness (QED) is 0.261. The summed E-state index contributed by atoms with van der Waals surface area (Å²) in [5, 5.41) is 2.32. The summed E-state index contributed by atoms with van der Waals surface area (Å²) < 4.78 is 38.5. The van der Waals surface area contributed by atoms with Crippen molar-refractivity contribution in [2.75, 3.05) is 20.1 Å². The average Bonchev–Trinajstić information content (AvgIpc) is 2.93. The van der Waals surface area contributed by atoms with Gasteiger partial charge in [0.15, 0.2) is 0 Å². The number of piperidine rings is 1. The normalized spacial score (nSPS) is 14.5. The van der Waals surface area contributed by atoms with Crippen LogP contribution in [0.25, 0.3) is 21.9 Å². The van der Waals surface area contributed by atoms with Crippen LogP contribution in [0.5, 0.6) is 0 Å². The molecular formula is C32H31F3N2O. The molecule has 0 radical (unpaired) electrons. The summed E-state index contributed by atoms with van der Waals surface area (Å²) in [6, 6.07) is 24.9. The third-order valence-corrected chi connectivity index (χ3v) is 7.32. The zero-order valence-electron chi connectivity index (χ0n) is 21.5. The van der Waals surface area contributed by atoms with Crippen molar-refractivity contribution in [3.05, 3.63) is 107 Å². The summed E-state index contributed by atoms with van der Waals surface area (Å²) in [5.41, 5.74) is 3.68. The highest BCUT2D eigenvalue weighted by atomic mass is 19.4. The van der Waals surface area contributed by atoms with E-state index in [1.54, 1.807) is 36.2 Å². The van der Waals surface area contributed by atoms with Crippen molar-refractivity contribution in [3.63, 3.8) is 0 Å². The van der Waals surface area contributed by atoms with E-state index in [9.17, 15) is 18.0 Å². The van der Waals surface area contributed by atoms with Crippen molar-refractivity contribution in [2.24, 2.45) is 0 Å². The van der Waals surface area contributed by atoms with E-state index in [2.05, 4.69) is 35.2 Å². The minimum atomic E-state index is -4.36. The van der Waals surface area contributed by atoms with Gasteiger partial charge in [0.05, 0.1) is 5.56 Å². The first kappa shape index (κ1) is 26.0. The zero-order chi connectivity index (χ0) is 26.7. The van der Waals surface area contributed by atoms with Gasteiger partial charge in [-0.25, -0.2) is 0 Å². The number of benzene rings is 4. The van der Waals surface area contributed by atoms with Gasteiger partial charge in [0.1, 0.15) is 0 Å². The lowest BCUT2D eigenvalue weighted by atomic mass is 10.0. The fraction of sp³-hybridized carbons (Fsp3) is 0.281. The van der Waals surface area contributed by atoms with Crippen LogP contribution in [-0.2, 0) is 19.3 Å². The first-order chi connectivity index (χ1) is 18.3. The first-order valence-corrected chi connectivity index (χ1v) is 13.0. The van der Waals surface area contributed by atoms with Crippen LogP contribution in [0.4, 0.5) is 13.2 Å². The number of halogens is 3. The maximum atomic E-state index is 13.2. The Kier molecular flexibility index (Phi) is 7.52. The molecular weight excluding hydrogens is 485 g/mol. The number of nitrogens with zero attached hydrogens (tertiary/aromatic N) is 2. The number of likely N-dealkylation sites (tertiary alicyclic amines) is 1. The third kappa shape index (κ3) is 5.91. The molecule has 1 saturated heterocycles. The molecule has 1 aliphatic heterocycles. The Bertz CT molecular complexity index is 1410. The van der Waals surface area contributed by atoms with Crippen LogP contribution in [0.1, 0.15) is 46.3 Å². The number of rotatable bonds is 6. The molecule has 3 nitrogen and oxygen atoms in total. The summed E-state index contributed by atoms with van der Waals surface area (Å²) in [6.07, 6.45) is -0.488. The highest BCUT2D eigenvalue weighted by Crippen LogP contribution is 2.31. The maximum absolute atomic E-state index is 13.2. The Labute approximate surface area is 221 Å². The Morgan fingerprint density at radius 1 is 0.842 bits per heavy atom. The fourth-order valence-electron chi connectivity index (χ4n) is 5.22. The minimum absolute atomic E-state index is 0.109.